The van der Waals surface area contributed by atoms with Crippen LogP contribution in [-0.4, -0.2) is 46.1 Å². The summed E-state index contributed by atoms with van der Waals surface area (Å²) < 4.78 is 4.90. The highest BCUT2D eigenvalue weighted by Crippen LogP contribution is 2.68. The number of ketones is 2. The Morgan fingerprint density at radius 3 is 2.63 bits per heavy atom. The average molecular weight is 419 g/mol. The normalized spacial score (nSPS) is 47.6. The van der Waals surface area contributed by atoms with Gasteiger partial charge in [0.15, 0.2) is 12.4 Å². The molecule has 4 aliphatic carbocycles. The molecule has 4 rings (SSSR count). The van der Waals surface area contributed by atoms with Crippen LogP contribution in [-0.2, 0) is 19.1 Å². The summed E-state index contributed by atoms with van der Waals surface area (Å²) >= 11 is 0. The zero-order valence-corrected chi connectivity index (χ0v) is 18.4. The van der Waals surface area contributed by atoms with Crippen LogP contribution < -0.4 is 0 Å². The smallest absolute Gasteiger partial charge is 0.303 e. The van der Waals surface area contributed by atoms with Crippen molar-refractivity contribution >= 4 is 17.5 Å². The molecule has 3 saturated carbocycles. The molecule has 0 spiro atoms. The van der Waals surface area contributed by atoms with E-state index in [1.807, 2.05) is 13.0 Å². The van der Waals surface area contributed by atoms with Crippen LogP contribution in [0.4, 0.5) is 0 Å². The molecule has 0 aromatic carbocycles. The van der Waals surface area contributed by atoms with E-state index >= 15 is 0 Å². The number of fused-ring (bicyclic) bond motifs is 5. The SMILES string of the molecule is CC(=O)OCC(=O)[C@@]1(O)CC[C@H]2[C@@H]3C[C@H](C)C4=CC(=O)CC[C@]4(C)[C@H]3[C@H](O)C[C@@]21C. The van der Waals surface area contributed by atoms with Crippen molar-refractivity contribution < 1.29 is 29.3 Å². The first kappa shape index (κ1) is 21.7. The Labute approximate surface area is 178 Å². The van der Waals surface area contributed by atoms with E-state index in [1.54, 1.807) is 0 Å². The van der Waals surface area contributed by atoms with Gasteiger partial charge in [0, 0.05) is 18.8 Å². The predicted octanol–water partition coefficient (Wildman–Crippen LogP) is 2.60. The van der Waals surface area contributed by atoms with Crippen molar-refractivity contribution in [3.8, 4) is 0 Å². The van der Waals surface area contributed by atoms with Crippen LogP contribution in [0.25, 0.3) is 0 Å². The molecule has 0 saturated heterocycles. The van der Waals surface area contributed by atoms with Crippen molar-refractivity contribution in [2.45, 2.75) is 77.9 Å². The van der Waals surface area contributed by atoms with Crippen molar-refractivity contribution in [2.24, 2.45) is 34.5 Å². The fourth-order valence-electron chi connectivity index (χ4n) is 7.87. The van der Waals surface area contributed by atoms with Crippen molar-refractivity contribution in [3.63, 3.8) is 0 Å². The van der Waals surface area contributed by atoms with Gasteiger partial charge in [0.05, 0.1) is 6.10 Å². The summed E-state index contributed by atoms with van der Waals surface area (Å²) in [6.45, 7) is 7.09. The maximum Gasteiger partial charge on any atom is 0.303 e. The van der Waals surface area contributed by atoms with Crippen LogP contribution >= 0.6 is 0 Å². The minimum atomic E-state index is -1.60. The third-order valence-electron chi connectivity index (χ3n) is 9.23. The Morgan fingerprint density at radius 1 is 1.27 bits per heavy atom. The average Bonchev–Trinajstić information content (AvgIpc) is 2.93. The highest BCUT2D eigenvalue weighted by atomic mass is 16.5. The molecule has 0 aromatic rings. The molecule has 6 heteroatoms. The molecule has 0 aliphatic heterocycles. The quantitative estimate of drug-likeness (QED) is 0.683. The maximum atomic E-state index is 12.9. The van der Waals surface area contributed by atoms with E-state index in [-0.39, 0.29) is 34.9 Å². The third kappa shape index (κ3) is 2.86. The molecular formula is C24H34O6. The highest BCUT2D eigenvalue weighted by Gasteiger charge is 2.68. The van der Waals surface area contributed by atoms with E-state index in [4.69, 9.17) is 4.74 Å². The standard InChI is InChI=1S/C24H34O6/c1-13-9-16-17-6-8-24(29,20(28)12-30-14(2)25)23(17,4)11-19(27)21(16)22(3)7-5-15(26)10-18(13)22/h10,13,16-17,19,21,27,29H,5-9,11-12H2,1-4H3/t13-,16-,17-,19+,21+,22-,23-,24-/m0/s1. The Kier molecular flexibility index (Phi) is 5.06. The Morgan fingerprint density at radius 2 is 1.97 bits per heavy atom. The molecule has 166 valence electrons. The zero-order chi connectivity index (χ0) is 22.1. The number of rotatable bonds is 3. The van der Waals surface area contributed by atoms with E-state index in [9.17, 15) is 24.6 Å². The largest absolute Gasteiger partial charge is 0.458 e. The van der Waals surface area contributed by atoms with Crippen molar-refractivity contribution in [1.82, 2.24) is 0 Å². The first-order valence-corrected chi connectivity index (χ1v) is 11.3. The summed E-state index contributed by atoms with van der Waals surface area (Å²) in [5.41, 5.74) is -1.41. The monoisotopic (exact) mass is 418 g/mol. The second-order valence-electron chi connectivity index (χ2n) is 10.7. The van der Waals surface area contributed by atoms with Crippen LogP contribution in [0.15, 0.2) is 11.6 Å². The summed E-state index contributed by atoms with van der Waals surface area (Å²) in [6.07, 6.45) is 4.66. The van der Waals surface area contributed by atoms with Gasteiger partial charge in [-0.1, -0.05) is 26.3 Å². The summed E-state index contributed by atoms with van der Waals surface area (Å²) in [5.74, 6) is -0.287. The number of hydrogen-bond acceptors (Lipinski definition) is 6. The van der Waals surface area contributed by atoms with Gasteiger partial charge in [-0.2, -0.15) is 0 Å². The lowest BCUT2D eigenvalue weighted by Gasteiger charge is -2.61. The molecule has 2 N–H and O–H groups in total. The number of allylic oxidation sites excluding steroid dienone is 1. The van der Waals surface area contributed by atoms with E-state index in [0.717, 1.165) is 12.8 Å². The second kappa shape index (κ2) is 6.99. The zero-order valence-electron chi connectivity index (χ0n) is 18.4. The second-order valence-corrected chi connectivity index (χ2v) is 10.7. The Bertz CT molecular complexity index is 817. The third-order valence-corrected chi connectivity index (χ3v) is 9.23. The van der Waals surface area contributed by atoms with Gasteiger partial charge in [0.1, 0.15) is 5.60 Å². The number of ether oxygens (including phenoxy) is 1. The van der Waals surface area contributed by atoms with Crippen LogP contribution in [0.5, 0.6) is 0 Å². The Balaban J connectivity index is 1.69. The molecule has 6 nitrogen and oxygen atoms in total. The van der Waals surface area contributed by atoms with Gasteiger partial charge in [-0.05, 0) is 67.3 Å². The van der Waals surface area contributed by atoms with Crippen LogP contribution in [0, 0.1) is 34.5 Å². The van der Waals surface area contributed by atoms with Gasteiger partial charge in [-0.15, -0.1) is 0 Å². The number of Topliss-reactive ketones (excluding diaryl/α,β-unsaturated/α-hetero) is 1. The molecule has 30 heavy (non-hydrogen) atoms. The summed E-state index contributed by atoms with van der Waals surface area (Å²) in [4.78, 5) is 36.2. The lowest BCUT2D eigenvalue weighted by atomic mass is 9.44. The van der Waals surface area contributed by atoms with Crippen LogP contribution in [0.3, 0.4) is 0 Å². The number of carbonyl (C=O) groups is 3. The topological polar surface area (TPSA) is 101 Å². The van der Waals surface area contributed by atoms with Gasteiger partial charge in [-0.3, -0.25) is 14.4 Å². The fourth-order valence-corrected chi connectivity index (χ4v) is 7.87. The summed E-state index contributed by atoms with van der Waals surface area (Å²) in [7, 11) is 0. The number of aliphatic hydroxyl groups is 2. The molecule has 4 aliphatic rings. The number of aliphatic hydroxyl groups excluding tert-OH is 1. The minimum absolute atomic E-state index is 0.0250. The van der Waals surface area contributed by atoms with Gasteiger partial charge in [-0.25, -0.2) is 0 Å². The first-order chi connectivity index (χ1) is 13.9. The van der Waals surface area contributed by atoms with E-state index in [2.05, 4.69) is 13.8 Å². The van der Waals surface area contributed by atoms with Gasteiger partial charge in [0.25, 0.3) is 0 Å². The highest BCUT2D eigenvalue weighted by molar-refractivity contribution is 5.92. The Hall–Kier alpha value is -1.53. The van der Waals surface area contributed by atoms with Crippen LogP contribution in [0.1, 0.15) is 66.2 Å². The van der Waals surface area contributed by atoms with Crippen molar-refractivity contribution in [2.75, 3.05) is 6.61 Å². The van der Waals surface area contributed by atoms with Gasteiger partial charge in [0.2, 0.25) is 5.78 Å². The van der Waals surface area contributed by atoms with E-state index in [1.165, 1.54) is 12.5 Å². The summed E-state index contributed by atoms with van der Waals surface area (Å²) in [5, 5.41) is 22.9. The summed E-state index contributed by atoms with van der Waals surface area (Å²) in [6, 6.07) is 0. The fraction of sp³-hybridized carbons (Fsp3) is 0.792. The molecule has 0 aromatic heterocycles. The molecule has 0 amide bonds. The molecule has 0 bridgehead atoms. The van der Waals surface area contributed by atoms with Gasteiger partial charge < -0.3 is 14.9 Å². The molecule has 0 heterocycles. The lowest BCUT2D eigenvalue weighted by Crippen LogP contribution is -2.62. The lowest BCUT2D eigenvalue weighted by molar-refractivity contribution is -0.186. The minimum Gasteiger partial charge on any atom is -0.458 e. The first-order valence-electron chi connectivity index (χ1n) is 11.3. The number of hydrogen-bond donors (Lipinski definition) is 2. The van der Waals surface area contributed by atoms with Crippen molar-refractivity contribution in [1.29, 1.82) is 0 Å². The molecule has 8 atom stereocenters. The predicted molar refractivity (Wildman–Crippen MR) is 109 cm³/mol. The number of esters is 1. The van der Waals surface area contributed by atoms with E-state index in [0.29, 0.717) is 25.7 Å². The molecule has 0 unspecified atom stereocenters. The molecule has 0 radical (unpaired) electrons. The molecule has 3 fully saturated rings. The van der Waals surface area contributed by atoms with Crippen LogP contribution in [0.2, 0.25) is 0 Å². The van der Waals surface area contributed by atoms with Gasteiger partial charge >= 0.3 is 5.97 Å². The molecular weight excluding hydrogens is 384 g/mol. The van der Waals surface area contributed by atoms with E-state index < -0.39 is 35.5 Å². The van der Waals surface area contributed by atoms with Crippen molar-refractivity contribution in [3.05, 3.63) is 11.6 Å². The maximum absolute atomic E-state index is 12.9. The number of carbonyl (C=O) groups excluding carboxylic acids is 3.